The van der Waals surface area contributed by atoms with Gasteiger partial charge in [-0.05, 0) is 39.5 Å². The number of carbonyl (C=O) groups is 2. The first-order valence-electron chi connectivity index (χ1n) is 6.57. The van der Waals surface area contributed by atoms with E-state index in [0.29, 0.717) is 10.0 Å². The van der Waals surface area contributed by atoms with Crippen LogP contribution in [0.15, 0.2) is 11.6 Å². The topological polar surface area (TPSA) is 55.8 Å². The summed E-state index contributed by atoms with van der Waals surface area (Å²) in [5.74, 6) is -0.599. The Bertz CT molecular complexity index is 318. The van der Waals surface area contributed by atoms with Crippen molar-refractivity contribution in [2.45, 2.75) is 52.9 Å². The minimum Gasteiger partial charge on any atom is -0.447 e. The number of hydrogen-bond acceptors (Lipinski definition) is 5. The lowest BCUT2D eigenvalue weighted by Crippen LogP contribution is -2.26. The van der Waals surface area contributed by atoms with Crippen LogP contribution < -0.4 is 0 Å². The van der Waals surface area contributed by atoms with Gasteiger partial charge in [-0.1, -0.05) is 36.7 Å². The Morgan fingerprint density at radius 2 is 1.89 bits per heavy atom. The smallest absolute Gasteiger partial charge is 0.447 e. The normalized spacial score (nSPS) is 11.1. The molecule has 6 heteroatoms. The summed E-state index contributed by atoms with van der Waals surface area (Å²) >= 11 is 3.72. The minimum atomic E-state index is -0.810. The van der Waals surface area contributed by atoms with Gasteiger partial charge in [-0.25, -0.2) is 9.59 Å². The van der Waals surface area contributed by atoms with Crippen molar-refractivity contribution in [2.75, 3.05) is 6.61 Å². The second kappa shape index (κ2) is 10.7. The van der Waals surface area contributed by atoms with Crippen LogP contribution in [0.25, 0.3) is 0 Å². The summed E-state index contributed by atoms with van der Waals surface area (Å²) in [6.45, 7) is 5.65. The molecule has 0 N–H and O–H groups in total. The maximum absolute atomic E-state index is 11.6. The summed E-state index contributed by atoms with van der Waals surface area (Å²) < 4.78 is 5.12. The van der Waals surface area contributed by atoms with Gasteiger partial charge < -0.3 is 9.57 Å². The standard InChI is InChI=1S/C13H23NO4S/c1-4-6-7-8-9-10-11(3)12(15)18-14(19)13(16)17-5-2/h10,19H,4-9H2,1-3H3. The van der Waals surface area contributed by atoms with Gasteiger partial charge in [0, 0.05) is 5.57 Å². The summed E-state index contributed by atoms with van der Waals surface area (Å²) in [5.41, 5.74) is 0.458. The molecule has 0 saturated carbocycles. The second-order valence-corrected chi connectivity index (χ2v) is 4.45. The highest BCUT2D eigenvalue weighted by molar-refractivity contribution is 7.78. The largest absolute Gasteiger partial charge is 0.454 e. The second-order valence-electron chi connectivity index (χ2n) is 4.09. The van der Waals surface area contributed by atoms with E-state index in [0.717, 1.165) is 19.3 Å². The summed E-state index contributed by atoms with van der Waals surface area (Å²) in [6.07, 6.45) is 6.40. The van der Waals surface area contributed by atoms with E-state index in [4.69, 9.17) is 4.84 Å². The van der Waals surface area contributed by atoms with Crippen molar-refractivity contribution in [3.8, 4) is 0 Å². The Labute approximate surface area is 120 Å². The van der Waals surface area contributed by atoms with Crippen LogP contribution in [0.1, 0.15) is 52.9 Å². The molecule has 0 atom stereocenters. The first-order valence-corrected chi connectivity index (χ1v) is 6.97. The predicted octanol–water partition coefficient (Wildman–Crippen LogP) is 3.66. The Morgan fingerprint density at radius 3 is 2.47 bits per heavy atom. The molecule has 5 nitrogen and oxygen atoms in total. The van der Waals surface area contributed by atoms with Crippen LogP contribution >= 0.6 is 12.8 Å². The number of amides is 1. The number of unbranched alkanes of at least 4 members (excludes halogenated alkanes) is 4. The van der Waals surface area contributed by atoms with E-state index in [2.05, 4.69) is 24.5 Å². The van der Waals surface area contributed by atoms with Crippen molar-refractivity contribution < 1.29 is 19.2 Å². The van der Waals surface area contributed by atoms with Crippen LogP contribution in [0.4, 0.5) is 4.79 Å². The number of hydrogen-bond donors (Lipinski definition) is 1. The van der Waals surface area contributed by atoms with Crippen LogP contribution in [0.5, 0.6) is 0 Å². The molecule has 0 fully saturated rings. The Kier molecular flexibility index (Phi) is 10.1. The lowest BCUT2D eigenvalue weighted by Gasteiger charge is -2.13. The Balaban J connectivity index is 4.04. The van der Waals surface area contributed by atoms with Gasteiger partial charge >= 0.3 is 12.1 Å². The summed E-state index contributed by atoms with van der Waals surface area (Å²) in [4.78, 5) is 27.5. The third-order valence-corrected chi connectivity index (χ3v) is 2.67. The molecule has 0 aliphatic rings. The van der Waals surface area contributed by atoms with E-state index in [1.165, 1.54) is 12.8 Å². The van der Waals surface area contributed by atoms with Crippen molar-refractivity contribution in [1.82, 2.24) is 4.47 Å². The van der Waals surface area contributed by atoms with Gasteiger partial charge in [0.2, 0.25) is 0 Å². The van der Waals surface area contributed by atoms with Crippen molar-refractivity contribution in [3.63, 3.8) is 0 Å². The summed E-state index contributed by atoms with van der Waals surface area (Å²) in [6, 6.07) is 0. The van der Waals surface area contributed by atoms with Crippen LogP contribution in [-0.2, 0) is 14.4 Å². The molecule has 1 amide bonds. The van der Waals surface area contributed by atoms with Crippen LogP contribution in [0.3, 0.4) is 0 Å². The van der Waals surface area contributed by atoms with E-state index < -0.39 is 12.1 Å². The molecule has 110 valence electrons. The highest BCUT2D eigenvalue weighted by Crippen LogP contribution is 2.08. The zero-order valence-corrected chi connectivity index (χ0v) is 12.7. The average Bonchev–Trinajstić information content (AvgIpc) is 2.38. The number of rotatable bonds is 7. The van der Waals surface area contributed by atoms with E-state index in [1.807, 2.05) is 6.08 Å². The monoisotopic (exact) mass is 289 g/mol. The number of carbonyl (C=O) groups excluding carboxylic acids is 2. The molecule has 0 heterocycles. The lowest BCUT2D eigenvalue weighted by atomic mass is 10.1. The van der Waals surface area contributed by atoms with Crippen LogP contribution in [0.2, 0.25) is 0 Å². The molecule has 0 aromatic carbocycles. The van der Waals surface area contributed by atoms with E-state index in [1.54, 1.807) is 13.8 Å². The molecular weight excluding hydrogens is 266 g/mol. The van der Waals surface area contributed by atoms with Crippen molar-refractivity contribution in [2.24, 2.45) is 0 Å². The maximum atomic E-state index is 11.6. The highest BCUT2D eigenvalue weighted by atomic mass is 32.1. The zero-order valence-electron chi connectivity index (χ0n) is 11.8. The van der Waals surface area contributed by atoms with Gasteiger partial charge in [0.1, 0.15) is 0 Å². The van der Waals surface area contributed by atoms with Crippen molar-refractivity contribution >= 4 is 24.9 Å². The number of nitrogens with zero attached hydrogens (tertiary/aromatic N) is 1. The van der Waals surface area contributed by atoms with Crippen molar-refractivity contribution in [3.05, 3.63) is 11.6 Å². The molecule has 0 bridgehead atoms. The van der Waals surface area contributed by atoms with Gasteiger partial charge in [-0.3, -0.25) is 0 Å². The fourth-order valence-corrected chi connectivity index (χ4v) is 1.47. The maximum Gasteiger partial charge on any atom is 0.454 e. The molecule has 0 radical (unpaired) electrons. The van der Waals surface area contributed by atoms with Crippen LogP contribution in [-0.4, -0.2) is 23.1 Å². The molecule has 0 aromatic heterocycles. The molecular formula is C13H23NO4S. The SMILES string of the molecule is CCCCCCC=C(C)C(=O)ON(S)C(=O)OCC. The summed E-state index contributed by atoms with van der Waals surface area (Å²) in [5, 5.41) is 0. The van der Waals surface area contributed by atoms with Gasteiger partial charge in [0.15, 0.2) is 0 Å². The van der Waals surface area contributed by atoms with Crippen LogP contribution in [0, 0.1) is 0 Å². The van der Waals surface area contributed by atoms with Crippen molar-refractivity contribution in [1.29, 1.82) is 0 Å². The lowest BCUT2D eigenvalue weighted by molar-refractivity contribution is -0.158. The fourth-order valence-electron chi connectivity index (χ4n) is 1.34. The molecule has 0 aliphatic heterocycles. The quantitative estimate of drug-likeness (QED) is 0.336. The van der Waals surface area contributed by atoms with Gasteiger partial charge in [0.05, 0.1) is 6.61 Å². The molecule has 0 rings (SSSR count). The molecule has 0 aliphatic carbocycles. The first-order chi connectivity index (χ1) is 9.02. The third kappa shape index (κ3) is 8.53. The highest BCUT2D eigenvalue weighted by Gasteiger charge is 2.17. The third-order valence-electron chi connectivity index (χ3n) is 2.42. The molecule has 19 heavy (non-hydrogen) atoms. The fraction of sp³-hybridized carbons (Fsp3) is 0.692. The van der Waals surface area contributed by atoms with E-state index in [-0.39, 0.29) is 6.61 Å². The van der Waals surface area contributed by atoms with E-state index in [9.17, 15) is 9.59 Å². The van der Waals surface area contributed by atoms with E-state index >= 15 is 0 Å². The number of allylic oxidation sites excluding steroid dienone is 1. The Morgan fingerprint density at radius 1 is 1.21 bits per heavy atom. The number of hydroxylamine groups is 1. The summed E-state index contributed by atoms with van der Waals surface area (Å²) in [7, 11) is 0. The van der Waals surface area contributed by atoms with Gasteiger partial charge in [-0.15, -0.1) is 0 Å². The number of thiol groups is 1. The predicted molar refractivity (Wildman–Crippen MR) is 76.5 cm³/mol. The van der Waals surface area contributed by atoms with Gasteiger partial charge in [-0.2, -0.15) is 0 Å². The van der Waals surface area contributed by atoms with Gasteiger partial charge in [0.25, 0.3) is 0 Å². The minimum absolute atomic E-state index is 0.194. The number of ether oxygens (including phenoxy) is 1. The Hall–Kier alpha value is -1.17. The molecule has 0 unspecified atom stereocenters. The molecule has 0 saturated heterocycles. The molecule has 0 spiro atoms. The zero-order chi connectivity index (χ0) is 14.7. The first kappa shape index (κ1) is 17.8. The molecule has 0 aromatic rings. The average molecular weight is 289 g/mol.